The van der Waals surface area contributed by atoms with Gasteiger partial charge >= 0.3 is 0 Å². The summed E-state index contributed by atoms with van der Waals surface area (Å²) < 4.78 is 0. The van der Waals surface area contributed by atoms with Gasteiger partial charge in [0.15, 0.2) is 0 Å². The van der Waals surface area contributed by atoms with Crippen LogP contribution in [-0.4, -0.2) is 167 Å². The number of hydrogen-bond donors (Lipinski definition) is 11. The van der Waals surface area contributed by atoms with Crippen LogP contribution in [0.25, 0.3) is 0 Å². The molecule has 1 heterocycles. The summed E-state index contributed by atoms with van der Waals surface area (Å²) in [6.45, 7) is 59.5. The topological polar surface area (TPSA) is 514 Å². The third kappa shape index (κ3) is 199. The SMILES string of the molecule is C=C(C)C.C=O.C=O.C=O.C=O.C=O.C=O.C=O.C=O.C=O.CC.CC(=O)N(C)[C@@H](Cc1ccccc1)C(=O)N[C@@H](C)C(=O)N1CCCCC1.CC(C)C.CC(C)O.CCC(C)C.CCC(C)C.CCc1ccccc1.CN.CN.CN.CN.CN.N.N.N.N. The number of amides is 3. The Kier molecular flexibility index (Phi) is 307. The molecule has 0 radical (unpaired) electrons. The Bertz CT molecular complexity index is 1360. The first-order valence-electron chi connectivity index (χ1n) is 27.8. The minimum absolute atomic E-state index is 0. The average Bonchev–Trinajstić information content (AvgIpc) is 3.57. The number of piperidine rings is 1. The van der Waals surface area contributed by atoms with E-state index in [9.17, 15) is 14.4 Å². The van der Waals surface area contributed by atoms with Crippen LogP contribution in [0, 0.1) is 17.8 Å². The van der Waals surface area contributed by atoms with Crippen LogP contribution in [0.4, 0.5) is 0 Å². The highest BCUT2D eigenvalue weighted by atomic mass is 16.3. The van der Waals surface area contributed by atoms with Gasteiger partial charge in [-0.05, 0) is 124 Å². The van der Waals surface area contributed by atoms with Gasteiger partial charge in [-0.2, -0.15) is 0 Å². The molecule has 24 N–H and O–H groups in total. The summed E-state index contributed by atoms with van der Waals surface area (Å²) in [4.78, 5) is 112. The highest BCUT2D eigenvalue weighted by Gasteiger charge is 2.29. The third-order valence-electron chi connectivity index (χ3n) is 7.82. The van der Waals surface area contributed by atoms with E-state index >= 15 is 0 Å². The van der Waals surface area contributed by atoms with E-state index in [0.717, 1.165) is 62.1 Å². The van der Waals surface area contributed by atoms with Crippen LogP contribution in [0.5, 0.6) is 0 Å². The lowest BCUT2D eigenvalue weighted by molar-refractivity contribution is -0.140. The maximum atomic E-state index is 12.8. The summed E-state index contributed by atoms with van der Waals surface area (Å²) in [7, 11) is 9.12. The summed E-state index contributed by atoms with van der Waals surface area (Å²) in [5, 5.41) is 10.9. The lowest BCUT2D eigenvalue weighted by Crippen LogP contribution is -2.54. The van der Waals surface area contributed by atoms with Crippen molar-refractivity contribution in [3.05, 3.63) is 83.9 Å². The van der Waals surface area contributed by atoms with E-state index in [1.165, 1.54) is 71.0 Å². The maximum absolute atomic E-state index is 12.8. The summed E-state index contributed by atoms with van der Waals surface area (Å²) >= 11 is 0. The minimum atomic E-state index is -0.647. The summed E-state index contributed by atoms with van der Waals surface area (Å²) in [6, 6.07) is 18.8. The number of carbonyl (C=O) groups excluding carboxylic acids is 12. The van der Waals surface area contributed by atoms with E-state index < -0.39 is 12.1 Å². The first-order chi connectivity index (χ1) is 41.1. The number of nitrogens with two attached hydrogens (primary N) is 5. The summed E-state index contributed by atoms with van der Waals surface area (Å²) in [6.07, 6.45) is 7.16. The van der Waals surface area contributed by atoms with E-state index in [1.807, 2.05) is 130 Å². The number of aliphatic hydroxyl groups excluding tert-OH is 1. The monoisotopic (exact) mass is 1310 g/mol. The van der Waals surface area contributed by atoms with Crippen molar-refractivity contribution >= 4 is 78.8 Å². The highest BCUT2D eigenvalue weighted by Crippen LogP contribution is 2.12. The molecule has 3 amide bonds. The molecule has 2 aromatic rings. The fraction of sp³-hybridized carbons (Fsp3) is 0.600. The van der Waals surface area contributed by atoms with Gasteiger partial charge in [-0.25, -0.2) is 0 Å². The summed E-state index contributed by atoms with van der Waals surface area (Å²) in [5.74, 6) is 2.06. The number of likely N-dealkylation sites (N-methyl/N-ethyl adjacent to an activating group) is 1. The van der Waals surface area contributed by atoms with Gasteiger partial charge in [-0.15, -0.1) is 6.58 Å². The predicted octanol–water partition coefficient (Wildman–Crippen LogP) is 9.46. The van der Waals surface area contributed by atoms with Crippen molar-refractivity contribution in [3.8, 4) is 0 Å². The molecule has 0 spiro atoms. The second kappa shape index (κ2) is 178. The van der Waals surface area contributed by atoms with Crippen molar-refractivity contribution in [1.29, 1.82) is 0 Å². The standard InChI is InChI=1S/C20H29N3O3.C8H10.2C5H12.C4H10.C4H8.C3H8O.C2H6.5CH5N.9CH2O.4H3N/c1-15(20(26)23-12-8-5-9-13-23)21-19(25)18(22(3)16(2)24)14-17-10-6-4-7-11-17;1-2-8-6-4-3-5-7-8;2*1-4-5(2)3;2*1-4(2)3;1-3(2)4;15*1-2;;;;/h4,6-7,10-11,15,18H,5,8-9,12-14H2,1-3H3,(H,21,25);3-7H,2H2,1H3;2*5H,4H2,1-3H3;4H,1-3H3;1H2,2-3H3;3-4H,1-2H3;1-2H3;5*2H2,1H3;9*1H2;4*1H3/t15-,18-;;;;;;;;;;;;;;;;;;;;;;;;;/m0........................./s1. The Hall–Kier alpha value is -6.78. The van der Waals surface area contributed by atoms with Crippen LogP contribution in [0.2, 0.25) is 0 Å². The van der Waals surface area contributed by atoms with Crippen LogP contribution in [0.15, 0.2) is 72.8 Å². The second-order valence-electron chi connectivity index (χ2n) is 16.4. The van der Waals surface area contributed by atoms with Crippen LogP contribution < -0.4 is 58.6 Å². The molecule has 90 heavy (non-hydrogen) atoms. The number of hydrogen-bond acceptors (Lipinski definition) is 22. The Labute approximate surface area is 552 Å². The van der Waals surface area contributed by atoms with Gasteiger partial charge in [-0.3, -0.25) is 14.4 Å². The largest absolute Gasteiger partial charge is 0.394 e. The molecule has 0 unspecified atom stereocenters. The van der Waals surface area contributed by atoms with Crippen LogP contribution in [-0.2, 0) is 70.4 Å². The number of likely N-dealkylation sites (tertiary alicyclic amines) is 1. The van der Waals surface area contributed by atoms with Gasteiger partial charge < -0.3 is 117 Å². The van der Waals surface area contributed by atoms with Gasteiger partial charge in [0.2, 0.25) is 17.7 Å². The molecule has 3 rings (SSSR count). The smallest absolute Gasteiger partial charge is 0.244 e. The fourth-order valence-corrected chi connectivity index (χ4v) is 3.94. The molecule has 1 saturated heterocycles. The number of nitrogens with zero attached hydrogens (tertiary/aromatic N) is 2. The molecule has 2 atom stereocenters. The van der Waals surface area contributed by atoms with E-state index in [1.54, 1.807) is 27.8 Å². The fourth-order valence-electron chi connectivity index (χ4n) is 3.94. The number of aryl methyl sites for hydroxylation is 1. The Balaban J connectivity index is -0.0000000284. The molecule has 1 aliphatic rings. The van der Waals surface area contributed by atoms with Crippen molar-refractivity contribution in [3.63, 3.8) is 0 Å². The lowest BCUT2D eigenvalue weighted by atomic mass is 10.0. The molecule has 25 nitrogen and oxygen atoms in total. The van der Waals surface area contributed by atoms with Crippen LogP contribution >= 0.6 is 0 Å². The molecule has 548 valence electrons. The van der Waals surface area contributed by atoms with E-state index in [4.69, 9.17) is 48.3 Å². The third-order valence-corrected chi connectivity index (χ3v) is 7.82. The Morgan fingerprint density at radius 3 is 0.889 bits per heavy atom. The Morgan fingerprint density at radius 1 is 0.500 bits per heavy atom. The lowest BCUT2D eigenvalue weighted by Gasteiger charge is -2.31. The minimum Gasteiger partial charge on any atom is -0.394 e. The number of carbonyl (C=O) groups is 12. The van der Waals surface area contributed by atoms with E-state index in [2.05, 4.69) is 134 Å². The second-order valence-corrected chi connectivity index (χ2v) is 16.4. The number of aliphatic hydroxyl groups is 1. The average molecular weight is 1310 g/mol. The molecule has 2 aromatic carbocycles. The van der Waals surface area contributed by atoms with Gasteiger partial charge in [-0.1, -0.05) is 162 Å². The molecule has 0 saturated carbocycles. The van der Waals surface area contributed by atoms with E-state index in [0.29, 0.717) is 6.42 Å². The molecule has 1 fully saturated rings. The molecular weight excluding hydrogens is 1160 g/mol. The quantitative estimate of drug-likeness (QED) is 0.104. The van der Waals surface area contributed by atoms with Crippen LogP contribution in [0.3, 0.4) is 0 Å². The number of rotatable bonds is 9. The van der Waals surface area contributed by atoms with Crippen molar-refractivity contribution in [2.24, 2.45) is 46.4 Å². The van der Waals surface area contributed by atoms with Gasteiger partial charge in [0.05, 0.1) is 0 Å². The first-order valence-corrected chi connectivity index (χ1v) is 27.8. The zero-order valence-corrected chi connectivity index (χ0v) is 62.1. The first kappa shape index (κ1) is 155. The molecule has 0 bridgehead atoms. The molecule has 1 aliphatic heterocycles. The van der Waals surface area contributed by atoms with Crippen LogP contribution in [0.1, 0.15) is 168 Å². The van der Waals surface area contributed by atoms with Crippen molar-refractivity contribution in [2.75, 3.05) is 55.4 Å². The van der Waals surface area contributed by atoms with Gasteiger partial charge in [0.25, 0.3) is 0 Å². The molecular formula is C65H150N12O13. The van der Waals surface area contributed by atoms with Crippen molar-refractivity contribution in [2.45, 2.75) is 188 Å². The maximum Gasteiger partial charge on any atom is 0.244 e. The normalized spacial score (nSPS) is 8.53. The Morgan fingerprint density at radius 2 is 0.711 bits per heavy atom. The van der Waals surface area contributed by atoms with Gasteiger partial charge in [0, 0.05) is 39.6 Å². The molecule has 0 aromatic heterocycles. The molecule has 0 aliphatic carbocycles. The van der Waals surface area contributed by atoms with Crippen molar-refractivity contribution in [1.82, 2.24) is 39.7 Å². The van der Waals surface area contributed by atoms with Gasteiger partial charge in [0.1, 0.15) is 73.2 Å². The zero-order valence-electron chi connectivity index (χ0n) is 62.1. The number of allylic oxidation sites excluding steroid dienone is 1. The van der Waals surface area contributed by atoms with E-state index in [-0.39, 0.29) is 48.4 Å². The zero-order chi connectivity index (χ0) is 74.2. The predicted molar refractivity (Wildman–Crippen MR) is 391 cm³/mol. The summed E-state index contributed by atoms with van der Waals surface area (Å²) in [5.41, 5.74) is 26.0. The number of benzene rings is 2. The van der Waals surface area contributed by atoms with Crippen molar-refractivity contribution < 1.29 is 62.6 Å². The molecule has 25 heteroatoms. The number of nitrogens with one attached hydrogen (secondary N) is 1. The highest BCUT2D eigenvalue weighted by molar-refractivity contribution is 5.91.